The van der Waals surface area contributed by atoms with Crippen LogP contribution in [0.3, 0.4) is 0 Å². The minimum atomic E-state index is -0.737. The minimum Gasteiger partial charge on any atom is -0.444 e. The van der Waals surface area contributed by atoms with Gasteiger partial charge in [0.05, 0.1) is 18.3 Å². The van der Waals surface area contributed by atoms with Gasteiger partial charge in [0.25, 0.3) is 0 Å². The van der Waals surface area contributed by atoms with Crippen LogP contribution in [0.25, 0.3) is 0 Å². The molecule has 1 unspecified atom stereocenters. The monoisotopic (exact) mass is 330 g/mol. The van der Waals surface area contributed by atoms with Gasteiger partial charge in [-0.05, 0) is 54.4 Å². The van der Waals surface area contributed by atoms with Crippen molar-refractivity contribution >= 4 is 6.09 Å². The van der Waals surface area contributed by atoms with Crippen molar-refractivity contribution in [2.75, 3.05) is 26.2 Å². The van der Waals surface area contributed by atoms with Crippen LogP contribution in [-0.2, 0) is 9.47 Å². The third-order valence-corrected chi connectivity index (χ3v) is 4.06. The van der Waals surface area contributed by atoms with Crippen molar-refractivity contribution < 1.29 is 19.4 Å². The van der Waals surface area contributed by atoms with Crippen LogP contribution in [-0.4, -0.2) is 65.7 Å². The predicted molar refractivity (Wildman–Crippen MR) is 90.5 cm³/mol. The van der Waals surface area contributed by atoms with Crippen LogP contribution >= 0.6 is 0 Å². The van der Waals surface area contributed by atoms with E-state index in [1.807, 2.05) is 27.7 Å². The van der Waals surface area contributed by atoms with Gasteiger partial charge < -0.3 is 24.8 Å². The van der Waals surface area contributed by atoms with Crippen molar-refractivity contribution in [3.05, 3.63) is 0 Å². The first-order valence-corrected chi connectivity index (χ1v) is 8.54. The largest absolute Gasteiger partial charge is 0.444 e. The number of nitrogens with zero attached hydrogens (tertiary/aromatic N) is 1. The smallest absolute Gasteiger partial charge is 0.410 e. The number of rotatable bonds is 6. The van der Waals surface area contributed by atoms with E-state index in [2.05, 4.69) is 5.32 Å². The number of hydrogen-bond donors (Lipinski definition) is 2. The zero-order chi connectivity index (χ0) is 17.7. The number of carbonyl (C=O) groups excluding carboxylic acids is 1. The lowest BCUT2D eigenvalue weighted by Gasteiger charge is -2.33. The van der Waals surface area contributed by atoms with Gasteiger partial charge in [-0.15, -0.1) is 0 Å². The van der Waals surface area contributed by atoms with Crippen molar-refractivity contribution in [3.8, 4) is 0 Å². The molecular formula is C17H34N2O4. The highest BCUT2D eigenvalue weighted by Crippen LogP contribution is 2.17. The van der Waals surface area contributed by atoms with Crippen LogP contribution in [0.4, 0.5) is 4.79 Å². The highest BCUT2D eigenvalue weighted by Gasteiger charge is 2.27. The van der Waals surface area contributed by atoms with Crippen LogP contribution in [0.15, 0.2) is 0 Å². The minimum absolute atomic E-state index is 0.0140. The summed E-state index contributed by atoms with van der Waals surface area (Å²) in [5.41, 5.74) is -1.19. The van der Waals surface area contributed by atoms with Crippen LogP contribution in [0, 0.1) is 0 Å². The van der Waals surface area contributed by atoms with E-state index < -0.39 is 11.2 Å². The fraction of sp³-hybridized carbons (Fsp3) is 0.941. The molecular weight excluding hydrogens is 296 g/mol. The van der Waals surface area contributed by atoms with E-state index in [0.717, 1.165) is 12.8 Å². The number of ether oxygens (including phenoxy) is 2. The van der Waals surface area contributed by atoms with Gasteiger partial charge >= 0.3 is 6.09 Å². The normalized spacial score (nSPS) is 18.8. The summed E-state index contributed by atoms with van der Waals surface area (Å²) in [5, 5.41) is 13.1. The maximum Gasteiger partial charge on any atom is 0.410 e. The van der Waals surface area contributed by atoms with Gasteiger partial charge in [0.1, 0.15) is 5.60 Å². The number of aliphatic hydroxyl groups is 1. The molecule has 0 aromatic rings. The van der Waals surface area contributed by atoms with Crippen molar-refractivity contribution in [3.63, 3.8) is 0 Å². The number of amides is 1. The molecule has 136 valence electrons. The quantitative estimate of drug-likeness (QED) is 0.730. The lowest BCUT2D eigenvalue weighted by Crippen LogP contribution is -2.46. The maximum atomic E-state index is 12.0. The topological polar surface area (TPSA) is 71.0 Å². The second-order valence-electron chi connectivity index (χ2n) is 7.87. The number of likely N-dealkylation sites (tertiary alicyclic amines) is 1. The summed E-state index contributed by atoms with van der Waals surface area (Å²) in [7, 11) is 0. The molecule has 1 saturated heterocycles. The zero-order valence-electron chi connectivity index (χ0n) is 15.5. The Balaban J connectivity index is 2.18. The Morgan fingerprint density at radius 3 is 2.30 bits per heavy atom. The van der Waals surface area contributed by atoms with Gasteiger partial charge in [-0.25, -0.2) is 4.79 Å². The summed E-state index contributed by atoms with van der Waals surface area (Å²) in [6, 6.07) is 0.0140. The maximum absolute atomic E-state index is 12.0. The van der Waals surface area contributed by atoms with E-state index in [9.17, 15) is 9.90 Å². The van der Waals surface area contributed by atoms with Gasteiger partial charge in [-0.3, -0.25) is 0 Å². The second kappa shape index (κ2) is 8.31. The molecule has 6 nitrogen and oxygen atoms in total. The standard InChI is InChI=1S/C17H34N2O4/c1-13(17(5,6)21)18-9-12-22-14-7-10-19(11-8-14)15(20)23-16(2,3)4/h13-14,18,21H,7-12H2,1-6H3. The first-order valence-electron chi connectivity index (χ1n) is 8.54. The molecule has 1 fully saturated rings. The molecule has 1 atom stereocenters. The summed E-state index contributed by atoms with van der Waals surface area (Å²) < 4.78 is 11.2. The van der Waals surface area contributed by atoms with E-state index in [-0.39, 0.29) is 18.2 Å². The number of piperidine rings is 1. The number of hydrogen-bond acceptors (Lipinski definition) is 5. The summed E-state index contributed by atoms with van der Waals surface area (Å²) in [6.45, 7) is 13.8. The SMILES string of the molecule is CC(NCCOC1CCN(C(=O)OC(C)(C)C)CC1)C(C)(C)O. The second-order valence-corrected chi connectivity index (χ2v) is 7.87. The van der Waals surface area contributed by atoms with Crippen LogP contribution < -0.4 is 5.32 Å². The zero-order valence-corrected chi connectivity index (χ0v) is 15.5. The fourth-order valence-electron chi connectivity index (χ4n) is 2.28. The molecule has 1 rings (SSSR count). The third-order valence-electron chi connectivity index (χ3n) is 4.06. The molecule has 1 amide bonds. The number of nitrogens with one attached hydrogen (secondary N) is 1. The van der Waals surface area contributed by atoms with Gasteiger partial charge in [0, 0.05) is 25.7 Å². The van der Waals surface area contributed by atoms with E-state index in [4.69, 9.17) is 9.47 Å². The molecule has 1 heterocycles. The highest BCUT2D eigenvalue weighted by molar-refractivity contribution is 5.68. The molecule has 0 radical (unpaired) electrons. The van der Waals surface area contributed by atoms with Crippen LogP contribution in [0.5, 0.6) is 0 Å². The van der Waals surface area contributed by atoms with Crippen LogP contribution in [0.2, 0.25) is 0 Å². The molecule has 23 heavy (non-hydrogen) atoms. The molecule has 0 aromatic carbocycles. The van der Waals surface area contributed by atoms with Crippen molar-refractivity contribution in [2.45, 2.75) is 77.7 Å². The molecule has 0 bridgehead atoms. The van der Waals surface area contributed by atoms with Crippen LogP contribution in [0.1, 0.15) is 54.4 Å². The average molecular weight is 330 g/mol. The van der Waals surface area contributed by atoms with E-state index >= 15 is 0 Å². The summed E-state index contributed by atoms with van der Waals surface area (Å²) >= 11 is 0. The molecule has 1 aliphatic heterocycles. The Labute approximate surface area is 140 Å². The Kier molecular flexibility index (Phi) is 7.29. The summed E-state index contributed by atoms with van der Waals surface area (Å²) in [6.07, 6.45) is 1.62. The first-order chi connectivity index (χ1) is 10.5. The third kappa shape index (κ3) is 7.99. The van der Waals surface area contributed by atoms with Crippen molar-refractivity contribution in [1.82, 2.24) is 10.2 Å². The van der Waals surface area contributed by atoms with E-state index in [1.165, 1.54) is 0 Å². The van der Waals surface area contributed by atoms with Crippen molar-refractivity contribution in [1.29, 1.82) is 0 Å². The van der Waals surface area contributed by atoms with Crippen molar-refractivity contribution in [2.24, 2.45) is 0 Å². The molecule has 1 aliphatic rings. The first kappa shape index (κ1) is 20.2. The Bertz CT molecular complexity index is 366. The molecule has 2 N–H and O–H groups in total. The van der Waals surface area contributed by atoms with Gasteiger partial charge in [0.2, 0.25) is 0 Å². The van der Waals surface area contributed by atoms with E-state index in [1.54, 1.807) is 18.7 Å². The molecule has 6 heteroatoms. The lowest BCUT2D eigenvalue weighted by molar-refractivity contribution is -0.0128. The number of carbonyl (C=O) groups is 1. The van der Waals surface area contributed by atoms with Gasteiger partial charge in [-0.1, -0.05) is 0 Å². The Morgan fingerprint density at radius 2 is 1.83 bits per heavy atom. The molecule has 0 aliphatic carbocycles. The molecule has 0 saturated carbocycles. The predicted octanol–water partition coefficient (Wildman–Crippen LogP) is 2.15. The summed E-state index contributed by atoms with van der Waals surface area (Å²) in [4.78, 5) is 13.7. The highest BCUT2D eigenvalue weighted by atomic mass is 16.6. The fourth-order valence-corrected chi connectivity index (χ4v) is 2.28. The molecule has 0 aromatic heterocycles. The average Bonchev–Trinajstić information content (AvgIpc) is 2.41. The van der Waals surface area contributed by atoms with Gasteiger partial charge in [0.15, 0.2) is 0 Å². The molecule has 0 spiro atoms. The van der Waals surface area contributed by atoms with E-state index in [0.29, 0.717) is 26.2 Å². The Hall–Kier alpha value is -0.850. The lowest BCUT2D eigenvalue weighted by atomic mass is 10.0. The summed E-state index contributed by atoms with van der Waals surface area (Å²) in [5.74, 6) is 0. The van der Waals surface area contributed by atoms with Gasteiger partial charge in [-0.2, -0.15) is 0 Å². The Morgan fingerprint density at radius 1 is 1.26 bits per heavy atom.